The van der Waals surface area contributed by atoms with E-state index >= 15 is 0 Å². The maximum Gasteiger partial charge on any atom is 0.317 e. The molecule has 1 saturated heterocycles. The minimum atomic E-state index is -0.104. The van der Waals surface area contributed by atoms with Crippen LogP contribution in [0.3, 0.4) is 0 Å². The van der Waals surface area contributed by atoms with E-state index in [9.17, 15) is 9.59 Å². The molecule has 1 aliphatic heterocycles. The molecule has 1 heterocycles. The van der Waals surface area contributed by atoms with Gasteiger partial charge in [0.05, 0.1) is 12.1 Å². The van der Waals surface area contributed by atoms with E-state index < -0.39 is 0 Å². The van der Waals surface area contributed by atoms with Crippen molar-refractivity contribution in [3.05, 3.63) is 35.9 Å². The summed E-state index contributed by atoms with van der Waals surface area (Å²) in [5.74, 6) is 0.106. The average Bonchev–Trinajstić information content (AvgIpc) is 2.95. The Morgan fingerprint density at radius 3 is 2.46 bits per heavy atom. The summed E-state index contributed by atoms with van der Waals surface area (Å²) in [4.78, 5) is 28.5. The Morgan fingerprint density at radius 1 is 1.25 bits per heavy atom. The van der Waals surface area contributed by atoms with Gasteiger partial charge in [-0.15, -0.1) is 0 Å². The number of benzene rings is 1. The lowest BCUT2D eigenvalue weighted by Gasteiger charge is -2.26. The maximum absolute atomic E-state index is 12.4. The zero-order valence-corrected chi connectivity index (χ0v) is 15.0. The van der Waals surface area contributed by atoms with Crippen LogP contribution in [0.15, 0.2) is 30.3 Å². The highest BCUT2D eigenvalue weighted by Gasteiger charge is 2.34. The molecule has 3 amide bonds. The molecule has 1 aromatic carbocycles. The van der Waals surface area contributed by atoms with Crippen molar-refractivity contribution in [2.45, 2.75) is 52.1 Å². The third-order valence-electron chi connectivity index (χ3n) is 4.51. The van der Waals surface area contributed by atoms with Crippen molar-refractivity contribution < 1.29 is 9.59 Å². The third-order valence-corrected chi connectivity index (χ3v) is 4.51. The summed E-state index contributed by atoms with van der Waals surface area (Å²) in [6.07, 6.45) is 2.26. The molecule has 0 aromatic heterocycles. The van der Waals surface area contributed by atoms with E-state index in [1.165, 1.54) is 0 Å². The first kappa shape index (κ1) is 18.3. The molecule has 0 spiro atoms. The number of hydrogen-bond donors (Lipinski definition) is 1. The van der Waals surface area contributed by atoms with Crippen molar-refractivity contribution in [1.82, 2.24) is 15.1 Å². The predicted octanol–water partition coefficient (Wildman–Crippen LogP) is 3.18. The van der Waals surface area contributed by atoms with Crippen LogP contribution in [0.25, 0.3) is 0 Å². The molecule has 2 unspecified atom stereocenters. The fourth-order valence-electron chi connectivity index (χ4n) is 3.23. The van der Waals surface area contributed by atoms with E-state index in [0.717, 1.165) is 31.5 Å². The van der Waals surface area contributed by atoms with Gasteiger partial charge in [0.2, 0.25) is 5.91 Å². The van der Waals surface area contributed by atoms with Gasteiger partial charge in [-0.05, 0) is 25.3 Å². The highest BCUT2D eigenvalue weighted by atomic mass is 16.2. The number of urea groups is 1. The van der Waals surface area contributed by atoms with Crippen LogP contribution in [0.4, 0.5) is 4.79 Å². The van der Waals surface area contributed by atoms with Crippen LogP contribution >= 0.6 is 0 Å². The molecule has 1 N–H and O–H groups in total. The molecule has 1 aromatic rings. The topological polar surface area (TPSA) is 52.7 Å². The van der Waals surface area contributed by atoms with Gasteiger partial charge in [0, 0.05) is 26.1 Å². The Bertz CT molecular complexity index is 541. The summed E-state index contributed by atoms with van der Waals surface area (Å²) in [6.45, 7) is 8.26. The van der Waals surface area contributed by atoms with E-state index in [2.05, 4.69) is 19.2 Å². The molecule has 2 atom stereocenters. The first-order valence-electron chi connectivity index (χ1n) is 8.96. The quantitative estimate of drug-likeness (QED) is 0.834. The van der Waals surface area contributed by atoms with Gasteiger partial charge in [0.1, 0.15) is 0 Å². The van der Waals surface area contributed by atoms with Gasteiger partial charge < -0.3 is 15.1 Å². The van der Waals surface area contributed by atoms with Crippen molar-refractivity contribution in [3.63, 3.8) is 0 Å². The van der Waals surface area contributed by atoms with Crippen LogP contribution in [0.1, 0.15) is 51.6 Å². The van der Waals surface area contributed by atoms with Crippen LogP contribution in [-0.2, 0) is 4.79 Å². The highest BCUT2D eigenvalue weighted by Crippen LogP contribution is 2.25. The maximum atomic E-state index is 12.4. The largest absolute Gasteiger partial charge is 0.334 e. The molecule has 5 nitrogen and oxygen atoms in total. The van der Waals surface area contributed by atoms with Crippen LogP contribution in [-0.4, -0.2) is 47.4 Å². The normalized spacial score (nSPS) is 18.5. The molecule has 0 radical (unpaired) electrons. The second-order valence-electron chi connectivity index (χ2n) is 6.47. The summed E-state index contributed by atoms with van der Waals surface area (Å²) in [5.41, 5.74) is 1.12. The van der Waals surface area contributed by atoms with E-state index in [4.69, 9.17) is 0 Å². The Labute approximate surface area is 145 Å². The van der Waals surface area contributed by atoms with E-state index in [1.54, 1.807) is 0 Å². The van der Waals surface area contributed by atoms with Gasteiger partial charge >= 0.3 is 6.03 Å². The molecule has 0 saturated carbocycles. The molecule has 2 rings (SSSR count). The fourth-order valence-corrected chi connectivity index (χ4v) is 3.23. The summed E-state index contributed by atoms with van der Waals surface area (Å²) in [7, 11) is 0. The molecule has 0 bridgehead atoms. The minimum Gasteiger partial charge on any atom is -0.334 e. The smallest absolute Gasteiger partial charge is 0.317 e. The number of amides is 3. The number of rotatable bonds is 7. The van der Waals surface area contributed by atoms with E-state index in [-0.39, 0.29) is 24.0 Å². The summed E-state index contributed by atoms with van der Waals surface area (Å²) >= 11 is 0. The van der Waals surface area contributed by atoms with Crippen LogP contribution < -0.4 is 5.32 Å². The zero-order chi connectivity index (χ0) is 17.5. The molecule has 5 heteroatoms. The van der Waals surface area contributed by atoms with Gasteiger partial charge in [-0.25, -0.2) is 4.79 Å². The molecule has 1 aliphatic rings. The number of nitrogens with zero attached hydrogens (tertiary/aromatic N) is 2. The summed E-state index contributed by atoms with van der Waals surface area (Å²) in [6, 6.07) is 9.89. The molecule has 1 fully saturated rings. The lowest BCUT2D eigenvalue weighted by atomic mass is 10.1. The lowest BCUT2D eigenvalue weighted by molar-refractivity contribution is -0.129. The Morgan fingerprint density at radius 2 is 1.88 bits per heavy atom. The third kappa shape index (κ3) is 4.49. The van der Waals surface area contributed by atoms with Crippen molar-refractivity contribution in [1.29, 1.82) is 0 Å². The van der Waals surface area contributed by atoms with Gasteiger partial charge in [-0.3, -0.25) is 4.79 Å². The van der Waals surface area contributed by atoms with Crippen LogP contribution in [0.5, 0.6) is 0 Å². The molecule has 0 aliphatic carbocycles. The average molecular weight is 331 g/mol. The monoisotopic (exact) mass is 331 g/mol. The van der Waals surface area contributed by atoms with Gasteiger partial charge in [-0.2, -0.15) is 0 Å². The Hall–Kier alpha value is -2.04. The fraction of sp³-hybridized carbons (Fsp3) is 0.579. The zero-order valence-electron chi connectivity index (χ0n) is 15.0. The lowest BCUT2D eigenvalue weighted by Crippen LogP contribution is -2.46. The number of hydrogen-bond acceptors (Lipinski definition) is 2. The number of likely N-dealkylation sites (tertiary alicyclic amines) is 1. The first-order valence-corrected chi connectivity index (χ1v) is 8.96. The Kier molecular flexibility index (Phi) is 6.64. The van der Waals surface area contributed by atoms with E-state index in [0.29, 0.717) is 13.0 Å². The van der Waals surface area contributed by atoms with Crippen LogP contribution in [0, 0.1) is 0 Å². The molecule has 132 valence electrons. The van der Waals surface area contributed by atoms with Crippen molar-refractivity contribution in [2.75, 3.05) is 19.6 Å². The Balaban J connectivity index is 1.95. The van der Waals surface area contributed by atoms with Crippen molar-refractivity contribution >= 4 is 11.9 Å². The standard InChI is InChI=1S/C19H29N3O2/c1-4-11-21(12-5-2)19(24)20-17-13-18(23)22(14-17)15(3)16-9-7-6-8-10-16/h6-10,15,17H,4-5,11-14H2,1-3H3,(H,20,24). The van der Waals surface area contributed by atoms with Gasteiger partial charge in [0.25, 0.3) is 0 Å². The van der Waals surface area contributed by atoms with Crippen molar-refractivity contribution in [3.8, 4) is 0 Å². The van der Waals surface area contributed by atoms with Crippen LogP contribution in [0.2, 0.25) is 0 Å². The summed E-state index contributed by atoms with van der Waals surface area (Å²) < 4.78 is 0. The molecule has 24 heavy (non-hydrogen) atoms. The first-order chi connectivity index (χ1) is 11.6. The SMILES string of the molecule is CCCN(CCC)C(=O)NC1CC(=O)N(C(C)c2ccccc2)C1. The highest BCUT2D eigenvalue weighted by molar-refractivity contribution is 5.82. The number of carbonyl (C=O) groups excluding carboxylic acids is 2. The predicted molar refractivity (Wildman–Crippen MR) is 95.7 cm³/mol. The second kappa shape index (κ2) is 8.71. The minimum absolute atomic E-state index is 0.0305. The van der Waals surface area contributed by atoms with Crippen molar-refractivity contribution in [2.24, 2.45) is 0 Å². The van der Waals surface area contributed by atoms with Gasteiger partial charge in [-0.1, -0.05) is 44.2 Å². The number of carbonyl (C=O) groups is 2. The molecular formula is C19H29N3O2. The number of nitrogens with one attached hydrogen (secondary N) is 1. The second-order valence-corrected chi connectivity index (χ2v) is 6.47. The van der Waals surface area contributed by atoms with Gasteiger partial charge in [0.15, 0.2) is 0 Å². The summed E-state index contributed by atoms with van der Waals surface area (Å²) in [5, 5.41) is 3.04. The van der Waals surface area contributed by atoms with E-state index in [1.807, 2.05) is 47.1 Å². The molecular weight excluding hydrogens is 302 g/mol.